The van der Waals surface area contributed by atoms with Gasteiger partial charge in [0, 0.05) is 0 Å². The molecule has 0 aromatic heterocycles. The van der Waals surface area contributed by atoms with E-state index in [1.54, 1.807) is 6.08 Å². The van der Waals surface area contributed by atoms with Gasteiger partial charge in [-0.1, -0.05) is 95.1 Å². The van der Waals surface area contributed by atoms with Crippen LogP contribution < -0.4 is 0 Å². The molecular weight excluding hydrogens is 292 g/mol. The quantitative estimate of drug-likeness (QED) is 0.203. The molecule has 0 aliphatic heterocycles. The highest BCUT2D eigenvalue weighted by Gasteiger charge is 1.93. The lowest BCUT2D eigenvalue weighted by Crippen LogP contribution is -1.99. The van der Waals surface area contributed by atoms with E-state index < -0.39 is 0 Å². The van der Waals surface area contributed by atoms with Gasteiger partial charge >= 0.3 is 0 Å². The lowest BCUT2D eigenvalue weighted by Gasteiger charge is -2.01. The zero-order chi connectivity index (χ0) is 17.7. The maximum absolute atomic E-state index is 9.33. The number of rotatable bonds is 18. The third-order valence-electron chi connectivity index (χ3n) is 4.46. The number of hydrogen-bond acceptors (Lipinski definition) is 1. The zero-order valence-electron chi connectivity index (χ0n) is 16.2. The van der Waals surface area contributed by atoms with Gasteiger partial charge in [-0.3, -0.25) is 0 Å². The summed E-state index contributed by atoms with van der Waals surface area (Å²) in [4.78, 5) is 0. The lowest BCUT2D eigenvalue weighted by atomic mass is 10.1. The van der Waals surface area contributed by atoms with Crippen LogP contribution in [0.5, 0.6) is 0 Å². The van der Waals surface area contributed by atoms with Gasteiger partial charge in [-0.15, -0.1) is 6.58 Å². The zero-order valence-corrected chi connectivity index (χ0v) is 16.2. The fourth-order valence-corrected chi connectivity index (χ4v) is 2.80. The molecule has 0 fully saturated rings. The highest BCUT2D eigenvalue weighted by molar-refractivity contribution is 4.89. The van der Waals surface area contributed by atoms with Crippen LogP contribution >= 0.6 is 0 Å². The summed E-state index contributed by atoms with van der Waals surface area (Å²) in [6.45, 7) is 5.86. The SMILES string of the molecule is C=CC(O)CC/C=C/CC/C=C/CCCCCCCCCCCC. The summed E-state index contributed by atoms with van der Waals surface area (Å²) in [5, 5.41) is 9.33. The number of aliphatic hydroxyl groups is 1. The van der Waals surface area contributed by atoms with Crippen LogP contribution in [0.2, 0.25) is 0 Å². The van der Waals surface area contributed by atoms with Crippen LogP contribution in [0.25, 0.3) is 0 Å². The molecule has 0 aromatic rings. The monoisotopic (exact) mass is 334 g/mol. The van der Waals surface area contributed by atoms with Gasteiger partial charge in [0.25, 0.3) is 0 Å². The van der Waals surface area contributed by atoms with Crippen LogP contribution in [0.15, 0.2) is 37.0 Å². The first-order chi connectivity index (χ1) is 11.8. The molecule has 1 nitrogen and oxygen atoms in total. The molecule has 0 saturated heterocycles. The van der Waals surface area contributed by atoms with Gasteiger partial charge in [0.1, 0.15) is 0 Å². The van der Waals surface area contributed by atoms with Crippen molar-refractivity contribution in [1.29, 1.82) is 0 Å². The Hall–Kier alpha value is -0.820. The molecule has 1 unspecified atom stereocenters. The van der Waals surface area contributed by atoms with Crippen molar-refractivity contribution in [1.82, 2.24) is 0 Å². The lowest BCUT2D eigenvalue weighted by molar-refractivity contribution is 0.214. The maximum atomic E-state index is 9.33. The Morgan fingerprint density at radius 1 is 0.667 bits per heavy atom. The van der Waals surface area contributed by atoms with Gasteiger partial charge in [-0.05, 0) is 38.5 Å². The van der Waals surface area contributed by atoms with Crippen molar-refractivity contribution in [3.63, 3.8) is 0 Å². The van der Waals surface area contributed by atoms with Gasteiger partial charge in [0.15, 0.2) is 0 Å². The molecule has 24 heavy (non-hydrogen) atoms. The minimum Gasteiger partial charge on any atom is -0.389 e. The number of allylic oxidation sites excluding steroid dienone is 4. The van der Waals surface area contributed by atoms with Crippen molar-refractivity contribution in [3.05, 3.63) is 37.0 Å². The Labute approximate surface area is 151 Å². The van der Waals surface area contributed by atoms with Crippen LogP contribution in [-0.2, 0) is 0 Å². The number of hydrogen-bond donors (Lipinski definition) is 1. The van der Waals surface area contributed by atoms with Gasteiger partial charge < -0.3 is 5.11 Å². The average molecular weight is 335 g/mol. The molecule has 0 heterocycles. The van der Waals surface area contributed by atoms with Crippen molar-refractivity contribution < 1.29 is 5.11 Å². The van der Waals surface area contributed by atoms with Crippen LogP contribution in [0.1, 0.15) is 103 Å². The van der Waals surface area contributed by atoms with Crippen LogP contribution in [0.3, 0.4) is 0 Å². The van der Waals surface area contributed by atoms with E-state index in [-0.39, 0.29) is 6.10 Å². The number of aliphatic hydroxyl groups excluding tert-OH is 1. The molecular formula is C23H42O. The van der Waals surface area contributed by atoms with E-state index >= 15 is 0 Å². The second-order valence-electron chi connectivity index (χ2n) is 6.87. The van der Waals surface area contributed by atoms with Crippen molar-refractivity contribution in [2.75, 3.05) is 0 Å². The third-order valence-corrected chi connectivity index (χ3v) is 4.46. The highest BCUT2D eigenvalue weighted by atomic mass is 16.3. The fourth-order valence-electron chi connectivity index (χ4n) is 2.80. The van der Waals surface area contributed by atoms with Crippen molar-refractivity contribution >= 4 is 0 Å². The molecule has 0 amide bonds. The second-order valence-corrected chi connectivity index (χ2v) is 6.87. The smallest absolute Gasteiger partial charge is 0.0721 e. The molecule has 1 atom stereocenters. The van der Waals surface area contributed by atoms with Crippen molar-refractivity contribution in [2.24, 2.45) is 0 Å². The van der Waals surface area contributed by atoms with Gasteiger partial charge in [-0.2, -0.15) is 0 Å². The minimum absolute atomic E-state index is 0.351. The second kappa shape index (κ2) is 20.2. The first-order valence-electron chi connectivity index (χ1n) is 10.4. The molecule has 1 N–H and O–H groups in total. The van der Waals surface area contributed by atoms with Crippen LogP contribution in [0.4, 0.5) is 0 Å². The summed E-state index contributed by atoms with van der Waals surface area (Å²) >= 11 is 0. The summed E-state index contributed by atoms with van der Waals surface area (Å²) < 4.78 is 0. The summed E-state index contributed by atoms with van der Waals surface area (Å²) in [7, 11) is 0. The Morgan fingerprint density at radius 3 is 1.67 bits per heavy atom. The van der Waals surface area contributed by atoms with E-state index in [9.17, 15) is 5.11 Å². The molecule has 0 aromatic carbocycles. The molecule has 1 heteroatoms. The van der Waals surface area contributed by atoms with E-state index in [0.717, 1.165) is 25.7 Å². The Morgan fingerprint density at radius 2 is 1.12 bits per heavy atom. The molecule has 0 rings (SSSR count). The Kier molecular flexibility index (Phi) is 19.5. The minimum atomic E-state index is -0.351. The summed E-state index contributed by atoms with van der Waals surface area (Å²) in [6.07, 6.45) is 29.6. The van der Waals surface area contributed by atoms with Crippen LogP contribution in [0, 0.1) is 0 Å². The van der Waals surface area contributed by atoms with E-state index in [0.29, 0.717) is 0 Å². The Balaban J connectivity index is 3.18. The third kappa shape index (κ3) is 19.2. The van der Waals surface area contributed by atoms with E-state index in [1.165, 1.54) is 70.6 Å². The predicted octanol–water partition coefficient (Wildman–Crippen LogP) is 7.52. The molecule has 0 radical (unpaired) electrons. The van der Waals surface area contributed by atoms with E-state index in [1.807, 2.05) is 0 Å². The molecule has 0 spiro atoms. The first kappa shape index (κ1) is 23.2. The van der Waals surface area contributed by atoms with E-state index in [2.05, 4.69) is 37.8 Å². The average Bonchev–Trinajstić information content (AvgIpc) is 2.60. The molecule has 0 aliphatic rings. The Bertz CT molecular complexity index is 303. The van der Waals surface area contributed by atoms with Crippen molar-refractivity contribution in [2.45, 2.75) is 109 Å². The molecule has 0 aliphatic carbocycles. The van der Waals surface area contributed by atoms with Gasteiger partial charge in [0.2, 0.25) is 0 Å². The fraction of sp³-hybridized carbons (Fsp3) is 0.739. The maximum Gasteiger partial charge on any atom is 0.0721 e. The topological polar surface area (TPSA) is 20.2 Å². The summed E-state index contributed by atoms with van der Waals surface area (Å²) in [5.74, 6) is 0. The molecule has 140 valence electrons. The number of unbranched alkanes of at least 4 members (excludes halogenated alkanes) is 11. The van der Waals surface area contributed by atoms with Crippen LogP contribution in [-0.4, -0.2) is 11.2 Å². The summed E-state index contributed by atoms with van der Waals surface area (Å²) in [5.41, 5.74) is 0. The van der Waals surface area contributed by atoms with Crippen molar-refractivity contribution in [3.8, 4) is 0 Å². The molecule has 0 saturated carbocycles. The van der Waals surface area contributed by atoms with Gasteiger partial charge in [-0.25, -0.2) is 0 Å². The van der Waals surface area contributed by atoms with Gasteiger partial charge in [0.05, 0.1) is 6.10 Å². The summed E-state index contributed by atoms with van der Waals surface area (Å²) in [6, 6.07) is 0. The predicted molar refractivity (Wildman–Crippen MR) is 109 cm³/mol. The first-order valence-corrected chi connectivity index (χ1v) is 10.4. The normalized spacial score (nSPS) is 13.1. The van der Waals surface area contributed by atoms with E-state index in [4.69, 9.17) is 0 Å². The molecule has 0 bridgehead atoms. The largest absolute Gasteiger partial charge is 0.389 e. The highest BCUT2D eigenvalue weighted by Crippen LogP contribution is 2.11. The standard InChI is InChI=1S/C23H42O/c1-3-5-6-7-8-9-10-11-12-13-14-15-16-17-18-19-20-21-22-23(24)4-2/h4,15-16,19-20,23-24H,2-3,5-14,17-18,21-22H2,1H3/b16-15+,20-19+.